The Hall–Kier alpha value is 0.260. The van der Waals surface area contributed by atoms with Gasteiger partial charge in [-0.05, 0) is 38.0 Å². The fourth-order valence-electron chi connectivity index (χ4n) is 2.15. The predicted octanol–water partition coefficient (Wildman–Crippen LogP) is 1.68. The smallest absolute Gasteiger partial charge is 0.147 e. The van der Waals surface area contributed by atoms with E-state index in [0.717, 1.165) is 18.2 Å². The molecule has 1 aliphatic carbocycles. The lowest BCUT2D eigenvalue weighted by molar-refractivity contribution is 0.522. The first-order valence-corrected chi connectivity index (χ1v) is 9.15. The van der Waals surface area contributed by atoms with Crippen LogP contribution in [0.2, 0.25) is 0 Å². The van der Waals surface area contributed by atoms with Gasteiger partial charge >= 0.3 is 0 Å². The molecule has 1 aliphatic rings. The van der Waals surface area contributed by atoms with Crippen LogP contribution in [0.4, 0.5) is 0 Å². The molecule has 0 bridgehead atoms. The highest BCUT2D eigenvalue weighted by Gasteiger charge is 2.23. The van der Waals surface area contributed by atoms with E-state index in [9.17, 15) is 8.42 Å². The molecule has 1 N–H and O–H groups in total. The second kappa shape index (κ2) is 6.87. The zero-order valence-electron chi connectivity index (χ0n) is 10.2. The molecule has 1 fully saturated rings. The molecule has 96 valence electrons. The van der Waals surface area contributed by atoms with Gasteiger partial charge < -0.3 is 5.32 Å². The number of hydrogen-bond donors (Lipinski definition) is 1. The minimum Gasteiger partial charge on any atom is -0.314 e. The summed E-state index contributed by atoms with van der Waals surface area (Å²) in [6.07, 6.45) is 5.84. The molecule has 1 saturated carbocycles. The van der Waals surface area contributed by atoms with Gasteiger partial charge in [0.05, 0.1) is 5.75 Å². The summed E-state index contributed by atoms with van der Waals surface area (Å²) in [5.41, 5.74) is 0. The number of thioether (sulfide) groups is 1. The lowest BCUT2D eigenvalue weighted by Gasteiger charge is -2.12. The maximum absolute atomic E-state index is 10.9. The minimum atomic E-state index is -2.78. The third-order valence-corrected chi connectivity index (χ3v) is 5.17. The van der Waals surface area contributed by atoms with Crippen LogP contribution in [-0.2, 0) is 9.84 Å². The molecule has 0 aliphatic heterocycles. The van der Waals surface area contributed by atoms with Gasteiger partial charge in [-0.15, -0.1) is 0 Å². The quantitative estimate of drug-likeness (QED) is 0.712. The molecule has 0 aromatic rings. The third-order valence-electron chi connectivity index (χ3n) is 2.91. The van der Waals surface area contributed by atoms with Crippen molar-refractivity contribution in [3.63, 3.8) is 0 Å². The average molecular weight is 265 g/mol. The van der Waals surface area contributed by atoms with E-state index in [1.54, 1.807) is 0 Å². The SMILES string of the molecule is CCSC1CCC(NCCCS(C)(=O)=O)C1. The highest BCUT2D eigenvalue weighted by Crippen LogP contribution is 2.29. The van der Waals surface area contributed by atoms with E-state index in [1.807, 2.05) is 0 Å². The minimum absolute atomic E-state index is 0.305. The monoisotopic (exact) mass is 265 g/mol. The summed E-state index contributed by atoms with van der Waals surface area (Å²) in [6.45, 7) is 3.04. The van der Waals surface area contributed by atoms with Crippen molar-refractivity contribution in [1.29, 1.82) is 0 Å². The molecule has 16 heavy (non-hydrogen) atoms. The third kappa shape index (κ3) is 6.11. The highest BCUT2D eigenvalue weighted by atomic mass is 32.2. The second-order valence-corrected chi connectivity index (χ2v) is 8.36. The molecule has 2 unspecified atom stereocenters. The fraction of sp³-hybridized carbons (Fsp3) is 1.00. The van der Waals surface area contributed by atoms with Crippen LogP contribution in [-0.4, -0.2) is 44.0 Å². The maximum Gasteiger partial charge on any atom is 0.147 e. The Bertz CT molecular complexity index is 290. The Morgan fingerprint density at radius 1 is 1.38 bits per heavy atom. The Kier molecular flexibility index (Phi) is 6.15. The summed E-state index contributed by atoms with van der Waals surface area (Å²) in [4.78, 5) is 0. The molecule has 2 atom stereocenters. The molecule has 5 heteroatoms. The first-order chi connectivity index (χ1) is 7.51. The van der Waals surface area contributed by atoms with E-state index in [1.165, 1.54) is 31.3 Å². The van der Waals surface area contributed by atoms with Crippen LogP contribution in [0.3, 0.4) is 0 Å². The van der Waals surface area contributed by atoms with Crippen LogP contribution in [0.5, 0.6) is 0 Å². The van der Waals surface area contributed by atoms with Gasteiger partial charge in [0.25, 0.3) is 0 Å². The van der Waals surface area contributed by atoms with Gasteiger partial charge in [0, 0.05) is 17.5 Å². The van der Waals surface area contributed by atoms with Crippen molar-refractivity contribution in [1.82, 2.24) is 5.32 Å². The standard InChI is InChI=1S/C11H23NO2S2/c1-3-15-11-6-5-10(9-11)12-7-4-8-16(2,13)14/h10-12H,3-9H2,1-2H3. The molecule has 0 saturated heterocycles. The maximum atomic E-state index is 10.9. The summed E-state index contributed by atoms with van der Waals surface area (Å²) in [7, 11) is -2.78. The largest absolute Gasteiger partial charge is 0.314 e. The number of sulfone groups is 1. The summed E-state index contributed by atoms with van der Waals surface area (Å²) in [5, 5.41) is 4.28. The summed E-state index contributed by atoms with van der Waals surface area (Å²) in [6, 6.07) is 0.614. The normalized spacial score (nSPS) is 26.1. The van der Waals surface area contributed by atoms with E-state index in [2.05, 4.69) is 24.0 Å². The summed E-state index contributed by atoms with van der Waals surface area (Å²) in [5.74, 6) is 1.51. The number of nitrogens with one attached hydrogen (secondary N) is 1. The van der Waals surface area contributed by atoms with E-state index < -0.39 is 9.84 Å². The molecule has 0 radical (unpaired) electrons. The van der Waals surface area contributed by atoms with Crippen molar-refractivity contribution in [3.05, 3.63) is 0 Å². The molecule has 0 spiro atoms. The van der Waals surface area contributed by atoms with Gasteiger partial charge in [0.2, 0.25) is 0 Å². The van der Waals surface area contributed by atoms with Gasteiger partial charge in [-0.25, -0.2) is 8.42 Å². The van der Waals surface area contributed by atoms with E-state index in [4.69, 9.17) is 0 Å². The van der Waals surface area contributed by atoms with E-state index >= 15 is 0 Å². The van der Waals surface area contributed by atoms with E-state index in [0.29, 0.717) is 11.8 Å². The first-order valence-electron chi connectivity index (χ1n) is 6.04. The Morgan fingerprint density at radius 3 is 2.75 bits per heavy atom. The molecular weight excluding hydrogens is 242 g/mol. The van der Waals surface area contributed by atoms with Gasteiger partial charge in [-0.2, -0.15) is 11.8 Å². The zero-order chi connectivity index (χ0) is 12.0. The summed E-state index contributed by atoms with van der Waals surface area (Å²) < 4.78 is 21.9. The van der Waals surface area contributed by atoms with Crippen LogP contribution in [0.25, 0.3) is 0 Å². The molecule has 3 nitrogen and oxygen atoms in total. The van der Waals surface area contributed by atoms with Crippen molar-refractivity contribution in [2.75, 3.05) is 24.3 Å². The van der Waals surface area contributed by atoms with Crippen LogP contribution in [0.1, 0.15) is 32.6 Å². The van der Waals surface area contributed by atoms with Crippen LogP contribution < -0.4 is 5.32 Å². The predicted molar refractivity (Wildman–Crippen MR) is 71.9 cm³/mol. The Balaban J connectivity index is 2.07. The lowest BCUT2D eigenvalue weighted by Crippen LogP contribution is -2.28. The van der Waals surface area contributed by atoms with Crippen molar-refractivity contribution >= 4 is 21.6 Å². The van der Waals surface area contributed by atoms with Crippen LogP contribution >= 0.6 is 11.8 Å². The van der Waals surface area contributed by atoms with Crippen molar-refractivity contribution < 1.29 is 8.42 Å². The number of rotatable bonds is 7. The lowest BCUT2D eigenvalue weighted by atomic mass is 10.2. The molecule has 0 aromatic heterocycles. The van der Waals surface area contributed by atoms with Gasteiger partial charge in [-0.1, -0.05) is 6.92 Å². The Labute approximate surface area is 104 Å². The second-order valence-electron chi connectivity index (χ2n) is 4.52. The topological polar surface area (TPSA) is 46.2 Å². The Morgan fingerprint density at radius 2 is 2.12 bits per heavy atom. The molecule has 0 amide bonds. The molecule has 0 aromatic carbocycles. The highest BCUT2D eigenvalue weighted by molar-refractivity contribution is 7.99. The molecular formula is C11H23NO2S2. The van der Waals surface area contributed by atoms with Crippen molar-refractivity contribution in [2.45, 2.75) is 43.9 Å². The van der Waals surface area contributed by atoms with Crippen LogP contribution in [0.15, 0.2) is 0 Å². The summed E-state index contributed by atoms with van der Waals surface area (Å²) >= 11 is 2.05. The van der Waals surface area contributed by atoms with Crippen molar-refractivity contribution in [3.8, 4) is 0 Å². The van der Waals surface area contributed by atoms with Crippen LogP contribution in [0, 0.1) is 0 Å². The van der Waals surface area contributed by atoms with Gasteiger partial charge in [0.15, 0.2) is 0 Å². The fourth-order valence-corrected chi connectivity index (χ4v) is 3.96. The number of hydrogen-bond acceptors (Lipinski definition) is 4. The van der Waals surface area contributed by atoms with Crippen molar-refractivity contribution in [2.24, 2.45) is 0 Å². The van der Waals surface area contributed by atoms with Gasteiger partial charge in [0.1, 0.15) is 9.84 Å². The molecule has 0 heterocycles. The van der Waals surface area contributed by atoms with Gasteiger partial charge in [-0.3, -0.25) is 0 Å². The average Bonchev–Trinajstić information content (AvgIpc) is 2.60. The zero-order valence-corrected chi connectivity index (χ0v) is 11.9. The first kappa shape index (κ1) is 14.3. The molecule has 1 rings (SSSR count). The van der Waals surface area contributed by atoms with E-state index in [-0.39, 0.29) is 0 Å².